The fourth-order valence-corrected chi connectivity index (χ4v) is 1.37. The van der Waals surface area contributed by atoms with E-state index in [2.05, 4.69) is 11.2 Å². The summed E-state index contributed by atoms with van der Waals surface area (Å²) in [5, 5.41) is 2.71. The summed E-state index contributed by atoms with van der Waals surface area (Å²) in [7, 11) is 0. The molecule has 3 heteroatoms. The van der Waals surface area contributed by atoms with Crippen LogP contribution in [0.2, 0.25) is 0 Å². The van der Waals surface area contributed by atoms with Crippen LogP contribution in [-0.2, 0) is 11.2 Å². The zero-order chi connectivity index (χ0) is 12.0. The molecule has 0 bridgehead atoms. The summed E-state index contributed by atoms with van der Waals surface area (Å²) in [5.74, 6) is 1.89. The molecule has 0 aliphatic heterocycles. The Morgan fingerprint density at radius 3 is 2.88 bits per heavy atom. The van der Waals surface area contributed by atoms with Crippen LogP contribution in [0.5, 0.6) is 0 Å². The van der Waals surface area contributed by atoms with Crippen molar-refractivity contribution in [3.8, 4) is 12.3 Å². The summed E-state index contributed by atoms with van der Waals surface area (Å²) in [6, 6.07) is 6.16. The van der Waals surface area contributed by atoms with Crippen LogP contribution in [0, 0.1) is 18.2 Å². The molecule has 0 saturated carbocycles. The number of halogens is 1. The number of hydrogen-bond donors (Lipinski definition) is 1. The number of hydrogen-bond acceptors (Lipinski definition) is 1. The summed E-state index contributed by atoms with van der Waals surface area (Å²) >= 11 is 0. The van der Waals surface area contributed by atoms with Crippen molar-refractivity contribution in [1.82, 2.24) is 5.32 Å². The van der Waals surface area contributed by atoms with Gasteiger partial charge < -0.3 is 5.32 Å². The molecule has 0 heterocycles. The highest BCUT2D eigenvalue weighted by Crippen LogP contribution is 2.07. The zero-order valence-corrected chi connectivity index (χ0v) is 9.16. The minimum absolute atomic E-state index is 0.0432. The van der Waals surface area contributed by atoms with Crippen LogP contribution in [-0.4, -0.2) is 11.9 Å². The normalized spacial score (nSPS) is 11.6. The molecule has 1 aromatic carbocycles. The Hall–Kier alpha value is -1.82. The van der Waals surface area contributed by atoms with Crippen LogP contribution >= 0.6 is 0 Å². The maximum Gasteiger partial charge on any atom is 0.224 e. The van der Waals surface area contributed by atoms with Gasteiger partial charge in [0.1, 0.15) is 5.82 Å². The summed E-state index contributed by atoms with van der Waals surface area (Å²) in [6.45, 7) is 1.82. The molecule has 16 heavy (non-hydrogen) atoms. The van der Waals surface area contributed by atoms with E-state index >= 15 is 0 Å². The van der Waals surface area contributed by atoms with Crippen molar-refractivity contribution in [2.45, 2.75) is 25.8 Å². The van der Waals surface area contributed by atoms with E-state index in [9.17, 15) is 9.18 Å². The van der Waals surface area contributed by atoms with Crippen molar-refractivity contribution in [3.05, 3.63) is 35.6 Å². The fourth-order valence-electron chi connectivity index (χ4n) is 1.37. The molecule has 0 fully saturated rings. The molecular formula is C13H14FNO. The van der Waals surface area contributed by atoms with Gasteiger partial charge in [0.15, 0.2) is 0 Å². The second kappa shape index (κ2) is 5.92. The lowest BCUT2D eigenvalue weighted by Crippen LogP contribution is -2.33. The van der Waals surface area contributed by atoms with Gasteiger partial charge in [-0.25, -0.2) is 4.39 Å². The number of terminal acetylenes is 1. The molecule has 1 atom stereocenters. The number of nitrogens with one attached hydrogen (secondary N) is 1. The lowest BCUT2D eigenvalue weighted by atomic mass is 10.1. The minimum Gasteiger partial charge on any atom is -0.352 e. The first-order valence-corrected chi connectivity index (χ1v) is 5.09. The largest absolute Gasteiger partial charge is 0.352 e. The molecular weight excluding hydrogens is 205 g/mol. The molecule has 1 N–H and O–H groups in total. The average Bonchev–Trinajstić information content (AvgIpc) is 2.21. The molecule has 1 rings (SSSR count). The molecule has 2 nitrogen and oxygen atoms in total. The van der Waals surface area contributed by atoms with Crippen LogP contribution in [0.4, 0.5) is 4.39 Å². The van der Waals surface area contributed by atoms with Crippen molar-refractivity contribution in [2.75, 3.05) is 0 Å². The summed E-state index contributed by atoms with van der Waals surface area (Å²) in [6.07, 6.45) is 5.64. The Labute approximate surface area is 94.9 Å². The van der Waals surface area contributed by atoms with Crippen molar-refractivity contribution in [2.24, 2.45) is 0 Å². The van der Waals surface area contributed by atoms with Crippen LogP contribution in [0.1, 0.15) is 18.9 Å². The van der Waals surface area contributed by atoms with Crippen molar-refractivity contribution < 1.29 is 9.18 Å². The minimum atomic E-state index is -0.359. The maximum atomic E-state index is 13.2. The molecule has 0 aliphatic rings. The monoisotopic (exact) mass is 219 g/mol. The molecule has 0 spiro atoms. The van der Waals surface area contributed by atoms with Gasteiger partial charge in [0.25, 0.3) is 0 Å². The van der Waals surface area contributed by atoms with Gasteiger partial charge >= 0.3 is 0 Å². The smallest absolute Gasteiger partial charge is 0.224 e. The van der Waals surface area contributed by atoms with Crippen LogP contribution in [0.3, 0.4) is 0 Å². The van der Waals surface area contributed by atoms with Gasteiger partial charge in [-0.3, -0.25) is 4.79 Å². The van der Waals surface area contributed by atoms with E-state index in [0.717, 1.165) is 0 Å². The van der Waals surface area contributed by atoms with E-state index in [4.69, 9.17) is 6.42 Å². The molecule has 84 valence electrons. The second-order valence-corrected chi connectivity index (χ2v) is 3.64. The first-order valence-electron chi connectivity index (χ1n) is 5.09. The number of rotatable bonds is 4. The van der Waals surface area contributed by atoms with E-state index in [-0.39, 0.29) is 24.2 Å². The Balaban J connectivity index is 2.53. The van der Waals surface area contributed by atoms with Gasteiger partial charge in [0, 0.05) is 12.5 Å². The highest BCUT2D eigenvalue weighted by molar-refractivity contribution is 5.78. The van der Waals surface area contributed by atoms with E-state index in [1.54, 1.807) is 18.2 Å². The number of carbonyl (C=O) groups is 1. The highest BCUT2D eigenvalue weighted by atomic mass is 19.1. The van der Waals surface area contributed by atoms with Gasteiger partial charge in [0.2, 0.25) is 5.91 Å². The molecule has 1 aromatic rings. The van der Waals surface area contributed by atoms with Crippen LogP contribution < -0.4 is 5.32 Å². The predicted molar refractivity (Wildman–Crippen MR) is 61.2 cm³/mol. The topological polar surface area (TPSA) is 29.1 Å². The first kappa shape index (κ1) is 12.3. The Morgan fingerprint density at radius 2 is 2.25 bits per heavy atom. The second-order valence-electron chi connectivity index (χ2n) is 3.64. The van der Waals surface area contributed by atoms with Gasteiger partial charge in [-0.05, 0) is 18.6 Å². The quantitative estimate of drug-likeness (QED) is 0.770. The summed E-state index contributed by atoms with van der Waals surface area (Å²) in [4.78, 5) is 11.5. The van der Waals surface area contributed by atoms with E-state index < -0.39 is 0 Å². The fraction of sp³-hybridized carbons (Fsp3) is 0.308. The van der Waals surface area contributed by atoms with Crippen molar-refractivity contribution in [3.63, 3.8) is 0 Å². The molecule has 0 saturated heterocycles. The third-order valence-corrected chi connectivity index (χ3v) is 2.14. The third-order valence-electron chi connectivity index (χ3n) is 2.14. The molecule has 1 unspecified atom stereocenters. The van der Waals surface area contributed by atoms with Crippen molar-refractivity contribution >= 4 is 5.91 Å². The number of carbonyl (C=O) groups excluding carboxylic acids is 1. The molecule has 1 amide bonds. The molecule has 0 radical (unpaired) electrons. The maximum absolute atomic E-state index is 13.2. The first-order chi connectivity index (χ1) is 7.63. The lowest BCUT2D eigenvalue weighted by molar-refractivity contribution is -0.121. The number of amides is 1. The van der Waals surface area contributed by atoms with Gasteiger partial charge in [0.05, 0.1) is 6.42 Å². The lowest BCUT2D eigenvalue weighted by Gasteiger charge is -2.10. The number of benzene rings is 1. The van der Waals surface area contributed by atoms with Gasteiger partial charge in [-0.15, -0.1) is 12.3 Å². The van der Waals surface area contributed by atoms with Gasteiger partial charge in [-0.2, -0.15) is 0 Å². The summed E-state index contributed by atoms with van der Waals surface area (Å²) in [5.41, 5.74) is 0.396. The summed E-state index contributed by atoms with van der Waals surface area (Å²) < 4.78 is 13.2. The predicted octanol–water partition coefficient (Wildman–Crippen LogP) is 1.90. The average molecular weight is 219 g/mol. The van der Waals surface area contributed by atoms with Crippen LogP contribution in [0.25, 0.3) is 0 Å². The Kier molecular flexibility index (Phi) is 4.53. The van der Waals surface area contributed by atoms with E-state index in [1.807, 2.05) is 6.92 Å². The molecule has 0 aromatic heterocycles. The van der Waals surface area contributed by atoms with E-state index in [1.165, 1.54) is 6.07 Å². The van der Waals surface area contributed by atoms with E-state index in [0.29, 0.717) is 12.0 Å². The Morgan fingerprint density at radius 1 is 1.56 bits per heavy atom. The highest BCUT2D eigenvalue weighted by Gasteiger charge is 2.09. The third kappa shape index (κ3) is 3.74. The standard InChI is InChI=1S/C13H14FNO/c1-3-6-10(2)15-13(16)9-11-7-4-5-8-12(11)14/h1,4-5,7-8,10H,6,9H2,2H3,(H,15,16). The SMILES string of the molecule is C#CCC(C)NC(=O)Cc1ccccc1F. The zero-order valence-electron chi connectivity index (χ0n) is 9.16. The molecule has 0 aliphatic carbocycles. The Bertz CT molecular complexity index is 409. The van der Waals surface area contributed by atoms with Crippen molar-refractivity contribution in [1.29, 1.82) is 0 Å². The van der Waals surface area contributed by atoms with Crippen LogP contribution in [0.15, 0.2) is 24.3 Å². The van der Waals surface area contributed by atoms with Gasteiger partial charge in [-0.1, -0.05) is 18.2 Å².